The van der Waals surface area contributed by atoms with Crippen LogP contribution in [0.2, 0.25) is 0 Å². The van der Waals surface area contributed by atoms with Crippen molar-refractivity contribution in [2.24, 2.45) is 0 Å². The lowest BCUT2D eigenvalue weighted by Crippen LogP contribution is -1.98. The lowest BCUT2D eigenvalue weighted by atomic mass is 9.92. The molecule has 0 saturated carbocycles. The first-order valence-electron chi connectivity index (χ1n) is 14.9. The summed E-state index contributed by atoms with van der Waals surface area (Å²) in [6, 6.07) is 56.7. The molecule has 0 aliphatic heterocycles. The predicted octanol–water partition coefficient (Wildman–Crippen LogP) is 11.5. The van der Waals surface area contributed by atoms with E-state index in [9.17, 15) is 0 Å². The Morgan fingerprint density at radius 2 is 1.11 bits per heavy atom. The van der Waals surface area contributed by atoms with Crippen molar-refractivity contribution in [3.8, 4) is 39.3 Å². The normalized spacial score (nSPS) is 11.6. The molecule has 44 heavy (non-hydrogen) atoms. The fourth-order valence-corrected chi connectivity index (χ4v) is 7.82. The second kappa shape index (κ2) is 10.0. The van der Waals surface area contributed by atoms with E-state index in [4.69, 9.17) is 4.98 Å². The van der Waals surface area contributed by atoms with Gasteiger partial charge >= 0.3 is 0 Å². The molecule has 2 aromatic heterocycles. The molecule has 0 saturated heterocycles. The standard InChI is InChI=1S/C41H26N2S/c1-2-14-31(15-3-1)43-38-22-8-7-21-37(38)42-41(43)30-25-28(33-18-10-13-27-12-4-5-16-32(27)33)24-29(26-30)34-19-11-20-36-35-17-6-9-23-39(35)44-40(34)36/h1-26H. The van der Waals surface area contributed by atoms with Crippen LogP contribution >= 0.6 is 11.3 Å². The first-order valence-corrected chi connectivity index (χ1v) is 15.7. The van der Waals surface area contributed by atoms with Gasteiger partial charge in [0.25, 0.3) is 0 Å². The van der Waals surface area contributed by atoms with Crippen LogP contribution in [0.15, 0.2) is 158 Å². The monoisotopic (exact) mass is 578 g/mol. The van der Waals surface area contributed by atoms with E-state index >= 15 is 0 Å². The van der Waals surface area contributed by atoms with Crippen molar-refractivity contribution in [3.63, 3.8) is 0 Å². The van der Waals surface area contributed by atoms with Gasteiger partial charge in [0.1, 0.15) is 5.82 Å². The van der Waals surface area contributed by atoms with Gasteiger partial charge in [0, 0.05) is 31.4 Å². The number of fused-ring (bicyclic) bond motifs is 5. The highest BCUT2D eigenvalue weighted by molar-refractivity contribution is 7.26. The van der Waals surface area contributed by atoms with Crippen LogP contribution in [0.3, 0.4) is 0 Å². The largest absolute Gasteiger partial charge is 0.292 e. The van der Waals surface area contributed by atoms with Crippen molar-refractivity contribution in [1.29, 1.82) is 0 Å². The highest BCUT2D eigenvalue weighted by Gasteiger charge is 2.18. The molecule has 0 N–H and O–H groups in total. The minimum atomic E-state index is 0.934. The average Bonchev–Trinajstić information content (AvgIpc) is 3.67. The third-order valence-electron chi connectivity index (χ3n) is 8.58. The quantitative estimate of drug-likeness (QED) is 0.203. The number of nitrogens with zero attached hydrogens (tertiary/aromatic N) is 2. The number of aromatic nitrogens is 2. The smallest absolute Gasteiger partial charge is 0.145 e. The van der Waals surface area contributed by atoms with Gasteiger partial charge in [-0.05, 0) is 81.6 Å². The molecule has 9 aromatic rings. The van der Waals surface area contributed by atoms with E-state index in [0.717, 1.165) is 28.1 Å². The summed E-state index contributed by atoms with van der Waals surface area (Å²) in [4.78, 5) is 5.25. The Balaban J connectivity index is 1.37. The van der Waals surface area contributed by atoms with Crippen LogP contribution in [0.1, 0.15) is 0 Å². The zero-order valence-corrected chi connectivity index (χ0v) is 24.6. The van der Waals surface area contributed by atoms with Gasteiger partial charge in [-0.3, -0.25) is 4.57 Å². The maximum atomic E-state index is 5.25. The molecular formula is C41H26N2S. The minimum Gasteiger partial charge on any atom is -0.292 e. The van der Waals surface area contributed by atoms with Crippen molar-refractivity contribution >= 4 is 53.3 Å². The summed E-state index contributed by atoms with van der Waals surface area (Å²) in [6.45, 7) is 0. The van der Waals surface area contributed by atoms with Crippen LogP contribution < -0.4 is 0 Å². The molecule has 0 unspecified atom stereocenters. The molecule has 0 radical (unpaired) electrons. The maximum absolute atomic E-state index is 5.25. The first kappa shape index (κ1) is 25.0. The molecule has 2 nitrogen and oxygen atoms in total. The van der Waals surface area contributed by atoms with E-state index in [-0.39, 0.29) is 0 Å². The molecule has 3 heteroatoms. The van der Waals surface area contributed by atoms with E-state index in [2.05, 4.69) is 162 Å². The number of para-hydroxylation sites is 3. The highest BCUT2D eigenvalue weighted by atomic mass is 32.1. The Kier molecular flexibility index (Phi) is 5.71. The number of benzene rings is 7. The Morgan fingerprint density at radius 1 is 0.477 bits per heavy atom. The Morgan fingerprint density at radius 3 is 2.02 bits per heavy atom. The van der Waals surface area contributed by atoms with Crippen LogP contribution in [0.5, 0.6) is 0 Å². The molecule has 0 fully saturated rings. The van der Waals surface area contributed by atoms with Crippen molar-refractivity contribution in [2.75, 3.05) is 0 Å². The number of thiophene rings is 1. The van der Waals surface area contributed by atoms with Gasteiger partial charge in [-0.25, -0.2) is 4.98 Å². The van der Waals surface area contributed by atoms with Gasteiger partial charge in [-0.15, -0.1) is 11.3 Å². The molecule has 9 rings (SSSR count). The molecule has 0 aliphatic carbocycles. The fourth-order valence-electron chi connectivity index (χ4n) is 6.58. The lowest BCUT2D eigenvalue weighted by Gasteiger charge is -2.15. The lowest BCUT2D eigenvalue weighted by molar-refractivity contribution is 1.10. The van der Waals surface area contributed by atoms with Crippen molar-refractivity contribution in [3.05, 3.63) is 158 Å². The summed E-state index contributed by atoms with van der Waals surface area (Å²) in [5, 5.41) is 5.09. The summed E-state index contributed by atoms with van der Waals surface area (Å²) in [7, 11) is 0. The first-order chi connectivity index (χ1) is 21.8. The van der Waals surface area contributed by atoms with Gasteiger partial charge in [-0.1, -0.05) is 109 Å². The van der Waals surface area contributed by atoms with Gasteiger partial charge in [0.2, 0.25) is 0 Å². The van der Waals surface area contributed by atoms with Crippen LogP contribution in [0.4, 0.5) is 0 Å². The van der Waals surface area contributed by atoms with Gasteiger partial charge in [-0.2, -0.15) is 0 Å². The molecule has 0 aliphatic rings. The zero-order valence-electron chi connectivity index (χ0n) is 23.8. The molecule has 0 atom stereocenters. The molecule has 7 aromatic carbocycles. The molecule has 0 spiro atoms. The van der Waals surface area contributed by atoms with Crippen LogP contribution in [0.25, 0.3) is 81.3 Å². The zero-order chi connectivity index (χ0) is 29.0. The van der Waals surface area contributed by atoms with E-state index in [0.29, 0.717) is 0 Å². The summed E-state index contributed by atoms with van der Waals surface area (Å²) in [5.41, 5.74) is 9.09. The van der Waals surface area contributed by atoms with Gasteiger partial charge in [0.15, 0.2) is 0 Å². The van der Waals surface area contributed by atoms with Crippen molar-refractivity contribution in [2.45, 2.75) is 0 Å². The maximum Gasteiger partial charge on any atom is 0.145 e. The number of rotatable bonds is 4. The SMILES string of the molecule is c1ccc(-n2c(-c3cc(-c4cccc5ccccc45)cc(-c4cccc5c4sc4ccccc45)c3)nc3ccccc32)cc1. The summed E-state index contributed by atoms with van der Waals surface area (Å²) >= 11 is 1.87. The molecule has 0 bridgehead atoms. The Labute approximate surface area is 259 Å². The topological polar surface area (TPSA) is 17.8 Å². The Hall–Kier alpha value is -5.51. The van der Waals surface area contributed by atoms with Crippen molar-refractivity contribution in [1.82, 2.24) is 9.55 Å². The summed E-state index contributed by atoms with van der Waals surface area (Å²) in [6.07, 6.45) is 0. The third kappa shape index (κ3) is 3.98. The van der Waals surface area contributed by atoms with Crippen molar-refractivity contribution < 1.29 is 0 Å². The van der Waals surface area contributed by atoms with E-state index in [1.165, 1.54) is 53.2 Å². The van der Waals surface area contributed by atoms with E-state index in [1.54, 1.807) is 0 Å². The molecule has 206 valence electrons. The van der Waals surface area contributed by atoms with Gasteiger partial charge < -0.3 is 0 Å². The van der Waals surface area contributed by atoms with Crippen LogP contribution in [-0.2, 0) is 0 Å². The predicted molar refractivity (Wildman–Crippen MR) is 188 cm³/mol. The average molecular weight is 579 g/mol. The molecule has 0 amide bonds. The van der Waals surface area contributed by atoms with Crippen LogP contribution in [-0.4, -0.2) is 9.55 Å². The number of imidazole rings is 1. The second-order valence-corrected chi connectivity index (χ2v) is 12.3. The summed E-state index contributed by atoms with van der Waals surface area (Å²) in [5.74, 6) is 0.934. The minimum absolute atomic E-state index is 0.934. The van der Waals surface area contributed by atoms with E-state index < -0.39 is 0 Å². The third-order valence-corrected chi connectivity index (χ3v) is 9.80. The Bertz CT molecular complexity index is 2500. The molecule has 2 heterocycles. The second-order valence-electron chi connectivity index (χ2n) is 11.2. The highest BCUT2D eigenvalue weighted by Crippen LogP contribution is 2.43. The number of hydrogen-bond acceptors (Lipinski definition) is 2. The number of hydrogen-bond donors (Lipinski definition) is 0. The fraction of sp³-hybridized carbons (Fsp3) is 0. The summed E-state index contributed by atoms with van der Waals surface area (Å²) < 4.78 is 4.92. The van der Waals surface area contributed by atoms with Crippen LogP contribution in [0, 0.1) is 0 Å². The van der Waals surface area contributed by atoms with Gasteiger partial charge in [0.05, 0.1) is 11.0 Å². The van der Waals surface area contributed by atoms with E-state index in [1.807, 2.05) is 11.3 Å². The molecular weight excluding hydrogens is 553 g/mol.